The number of hydrogen-bond acceptors (Lipinski definition) is 6. The molecule has 0 atom stereocenters. The van der Waals surface area contributed by atoms with Crippen molar-refractivity contribution in [3.05, 3.63) is 66.1 Å². The zero-order chi connectivity index (χ0) is 18.7. The van der Waals surface area contributed by atoms with E-state index in [0.717, 1.165) is 0 Å². The van der Waals surface area contributed by atoms with Crippen molar-refractivity contribution in [1.29, 1.82) is 0 Å². The van der Waals surface area contributed by atoms with E-state index in [-0.39, 0.29) is 23.1 Å². The van der Waals surface area contributed by atoms with Crippen LogP contribution in [-0.2, 0) is 9.05 Å². The standard InChI is InChI=1S/C17H14ClFN4O2S.ClH/c1-11-10-13(4-7-15(11)19)21-16-8-9-20-17(23-16)22-12-2-5-14(6-3-12)26(18,24)25;/h2-10H,1H3,(H2,20,21,22,23);1H. The Bertz CT molecular complexity index is 1050. The van der Waals surface area contributed by atoms with Crippen molar-refractivity contribution < 1.29 is 12.8 Å². The number of benzene rings is 2. The molecule has 0 unspecified atom stereocenters. The number of aromatic nitrogens is 2. The predicted octanol–water partition coefficient (Wildman–Crippen LogP) is 4.76. The second-order valence-electron chi connectivity index (χ2n) is 5.44. The molecule has 0 spiro atoms. The van der Waals surface area contributed by atoms with Gasteiger partial charge in [-0.25, -0.2) is 17.8 Å². The minimum Gasteiger partial charge on any atom is -0.340 e. The van der Waals surface area contributed by atoms with Crippen LogP contribution in [0.25, 0.3) is 0 Å². The van der Waals surface area contributed by atoms with Gasteiger partial charge in [0.05, 0.1) is 4.90 Å². The number of aryl methyl sites for hydroxylation is 1. The summed E-state index contributed by atoms with van der Waals surface area (Å²) in [5.41, 5.74) is 1.82. The molecule has 0 saturated carbocycles. The molecule has 0 amide bonds. The first-order valence-electron chi connectivity index (χ1n) is 7.49. The lowest BCUT2D eigenvalue weighted by Crippen LogP contribution is -2.01. The van der Waals surface area contributed by atoms with Crippen LogP contribution in [0.3, 0.4) is 0 Å². The van der Waals surface area contributed by atoms with Gasteiger partial charge in [0.25, 0.3) is 9.05 Å². The van der Waals surface area contributed by atoms with Crippen LogP contribution in [0.4, 0.5) is 27.5 Å². The Balaban J connectivity index is 0.00000261. The molecule has 0 aliphatic heterocycles. The molecule has 0 aliphatic rings. The monoisotopic (exact) mass is 428 g/mol. The molecule has 2 aromatic carbocycles. The van der Waals surface area contributed by atoms with Crippen LogP contribution in [0.1, 0.15) is 5.56 Å². The highest BCUT2D eigenvalue weighted by Gasteiger charge is 2.09. The first-order valence-corrected chi connectivity index (χ1v) is 9.80. The molecule has 1 aromatic heterocycles. The lowest BCUT2D eigenvalue weighted by molar-refractivity contribution is 0.609. The molecule has 0 saturated heterocycles. The van der Waals surface area contributed by atoms with Gasteiger partial charge in [-0.05, 0) is 61.0 Å². The minimum atomic E-state index is -3.76. The highest BCUT2D eigenvalue weighted by atomic mass is 35.7. The normalized spacial score (nSPS) is 10.8. The average molecular weight is 429 g/mol. The molecule has 1 heterocycles. The first kappa shape index (κ1) is 20.9. The van der Waals surface area contributed by atoms with Crippen LogP contribution in [0.5, 0.6) is 0 Å². The van der Waals surface area contributed by atoms with E-state index >= 15 is 0 Å². The third kappa shape index (κ3) is 5.53. The van der Waals surface area contributed by atoms with Crippen LogP contribution < -0.4 is 10.6 Å². The van der Waals surface area contributed by atoms with Crippen molar-refractivity contribution >= 4 is 55.3 Å². The van der Waals surface area contributed by atoms with Crippen LogP contribution in [0, 0.1) is 12.7 Å². The molecular formula is C17H15Cl2FN4O2S. The molecule has 0 radical (unpaired) electrons. The summed E-state index contributed by atoms with van der Waals surface area (Å²) >= 11 is 0. The third-order valence-corrected chi connectivity index (χ3v) is 4.85. The van der Waals surface area contributed by atoms with E-state index in [1.165, 1.54) is 18.2 Å². The van der Waals surface area contributed by atoms with Crippen molar-refractivity contribution in [2.75, 3.05) is 10.6 Å². The van der Waals surface area contributed by atoms with Crippen molar-refractivity contribution in [2.24, 2.45) is 0 Å². The van der Waals surface area contributed by atoms with Gasteiger partial charge in [-0.2, -0.15) is 4.98 Å². The molecular weight excluding hydrogens is 414 g/mol. The molecule has 6 nitrogen and oxygen atoms in total. The zero-order valence-electron chi connectivity index (χ0n) is 14.0. The topological polar surface area (TPSA) is 84.0 Å². The van der Waals surface area contributed by atoms with E-state index in [1.54, 1.807) is 43.5 Å². The first-order chi connectivity index (χ1) is 12.3. The highest BCUT2D eigenvalue weighted by molar-refractivity contribution is 8.13. The van der Waals surface area contributed by atoms with Gasteiger partial charge < -0.3 is 10.6 Å². The fraction of sp³-hybridized carbons (Fsp3) is 0.0588. The van der Waals surface area contributed by atoms with Gasteiger partial charge in [0.2, 0.25) is 5.95 Å². The second kappa shape index (κ2) is 8.51. The van der Waals surface area contributed by atoms with Crippen LogP contribution in [0.2, 0.25) is 0 Å². The lowest BCUT2D eigenvalue weighted by Gasteiger charge is -2.09. The summed E-state index contributed by atoms with van der Waals surface area (Å²) in [6.45, 7) is 1.68. The molecule has 3 rings (SSSR count). The molecule has 3 aromatic rings. The van der Waals surface area contributed by atoms with E-state index in [1.807, 2.05) is 0 Å². The van der Waals surface area contributed by atoms with E-state index in [4.69, 9.17) is 10.7 Å². The smallest absolute Gasteiger partial charge is 0.261 e. The lowest BCUT2D eigenvalue weighted by atomic mass is 10.2. The Kier molecular flexibility index (Phi) is 6.59. The largest absolute Gasteiger partial charge is 0.340 e. The maximum atomic E-state index is 13.3. The minimum absolute atomic E-state index is 0. The molecule has 2 N–H and O–H groups in total. The molecule has 10 heteroatoms. The summed E-state index contributed by atoms with van der Waals surface area (Å²) in [7, 11) is 1.52. The van der Waals surface area contributed by atoms with Crippen molar-refractivity contribution in [2.45, 2.75) is 11.8 Å². The number of hydrogen-bond donors (Lipinski definition) is 2. The van der Waals surface area contributed by atoms with Gasteiger partial charge in [0, 0.05) is 28.3 Å². The number of anilines is 4. The Morgan fingerprint density at radius 2 is 1.67 bits per heavy atom. The summed E-state index contributed by atoms with van der Waals surface area (Å²) in [5, 5.41) is 6.04. The summed E-state index contributed by atoms with van der Waals surface area (Å²) in [4.78, 5) is 8.43. The van der Waals surface area contributed by atoms with Gasteiger partial charge in [0.15, 0.2) is 0 Å². The number of nitrogens with zero attached hydrogens (tertiary/aromatic N) is 2. The molecule has 27 heavy (non-hydrogen) atoms. The Morgan fingerprint density at radius 1 is 1.00 bits per heavy atom. The summed E-state index contributed by atoms with van der Waals surface area (Å²) in [6.07, 6.45) is 1.56. The maximum Gasteiger partial charge on any atom is 0.261 e. The van der Waals surface area contributed by atoms with Crippen LogP contribution in [-0.4, -0.2) is 18.4 Å². The Labute approximate surface area is 166 Å². The number of rotatable bonds is 5. The summed E-state index contributed by atoms with van der Waals surface area (Å²) in [5.74, 6) is 0.562. The van der Waals surface area contributed by atoms with Crippen LogP contribution in [0.15, 0.2) is 59.6 Å². The van der Waals surface area contributed by atoms with E-state index < -0.39 is 9.05 Å². The Morgan fingerprint density at radius 3 is 2.30 bits per heavy atom. The van der Waals surface area contributed by atoms with Gasteiger partial charge >= 0.3 is 0 Å². The number of halogens is 3. The van der Waals surface area contributed by atoms with Gasteiger partial charge in [-0.1, -0.05) is 0 Å². The fourth-order valence-electron chi connectivity index (χ4n) is 2.19. The molecule has 142 valence electrons. The maximum absolute atomic E-state index is 13.3. The van der Waals surface area contributed by atoms with Gasteiger partial charge in [0.1, 0.15) is 11.6 Å². The highest BCUT2D eigenvalue weighted by Crippen LogP contribution is 2.21. The molecule has 0 bridgehead atoms. The Hall–Kier alpha value is -2.42. The fourth-order valence-corrected chi connectivity index (χ4v) is 2.96. The third-order valence-electron chi connectivity index (χ3n) is 3.48. The zero-order valence-corrected chi connectivity index (χ0v) is 16.4. The van der Waals surface area contributed by atoms with Crippen molar-refractivity contribution in [3.63, 3.8) is 0 Å². The van der Waals surface area contributed by atoms with E-state index in [0.29, 0.717) is 28.7 Å². The molecule has 0 fully saturated rings. The van der Waals surface area contributed by atoms with Crippen molar-refractivity contribution in [3.8, 4) is 0 Å². The second-order valence-corrected chi connectivity index (χ2v) is 8.01. The SMILES string of the molecule is Cc1cc(Nc2ccnc(Nc3ccc(S(=O)(=O)Cl)cc3)n2)ccc1F.Cl. The van der Waals surface area contributed by atoms with Gasteiger partial charge in [-0.15, -0.1) is 12.4 Å². The van der Waals surface area contributed by atoms with E-state index in [2.05, 4.69) is 20.6 Å². The number of nitrogens with one attached hydrogen (secondary N) is 2. The van der Waals surface area contributed by atoms with Crippen molar-refractivity contribution in [1.82, 2.24) is 9.97 Å². The predicted molar refractivity (Wildman–Crippen MR) is 106 cm³/mol. The summed E-state index contributed by atoms with van der Waals surface area (Å²) < 4.78 is 35.8. The van der Waals surface area contributed by atoms with Gasteiger partial charge in [-0.3, -0.25) is 0 Å². The summed E-state index contributed by atoms with van der Waals surface area (Å²) in [6, 6.07) is 12.2. The average Bonchev–Trinajstić information content (AvgIpc) is 2.58. The quantitative estimate of drug-likeness (QED) is 0.569. The van der Waals surface area contributed by atoms with Crippen LogP contribution >= 0.6 is 23.1 Å². The molecule has 0 aliphatic carbocycles. The van der Waals surface area contributed by atoms with E-state index in [9.17, 15) is 12.8 Å².